The van der Waals surface area contributed by atoms with Gasteiger partial charge >= 0.3 is 0 Å². The quantitative estimate of drug-likeness (QED) is 0.607. The summed E-state index contributed by atoms with van der Waals surface area (Å²) in [4.78, 5) is 19.1. The fraction of sp³-hybridized carbons (Fsp3) is 0.526. The normalized spacial score (nSPS) is 12.9. The fourth-order valence-electron chi connectivity index (χ4n) is 3.10. The number of para-hydroxylation sites is 1. The minimum absolute atomic E-state index is 0.0231. The van der Waals surface area contributed by atoms with Crippen LogP contribution in [0, 0.1) is 11.3 Å². The van der Waals surface area contributed by atoms with Crippen molar-refractivity contribution in [3.05, 3.63) is 34.6 Å². The number of aromatic nitrogens is 2. The zero-order valence-corrected chi connectivity index (χ0v) is 16.4. The number of fused-ring (bicyclic) bond motifs is 1. The van der Waals surface area contributed by atoms with Gasteiger partial charge in [0.05, 0.1) is 47.4 Å². The number of nitriles is 1. The van der Waals surface area contributed by atoms with Gasteiger partial charge in [-0.1, -0.05) is 23.9 Å². The van der Waals surface area contributed by atoms with E-state index in [0.29, 0.717) is 34.7 Å². The maximum Gasteiger partial charge on any atom is 0.262 e. The number of benzene rings is 1. The van der Waals surface area contributed by atoms with Crippen LogP contribution >= 0.6 is 11.8 Å². The molecule has 0 radical (unpaired) electrons. The highest BCUT2D eigenvalue weighted by Gasteiger charge is 2.20. The molecule has 2 rings (SSSR count). The molecule has 0 saturated heterocycles. The topological polar surface area (TPSA) is 63.1 Å². The number of quaternary nitrogens is 1. The number of rotatable bonds is 7. The van der Waals surface area contributed by atoms with Crippen molar-refractivity contribution in [2.45, 2.75) is 63.7 Å². The largest absolute Gasteiger partial charge is 0.330 e. The van der Waals surface area contributed by atoms with Crippen molar-refractivity contribution >= 4 is 22.7 Å². The van der Waals surface area contributed by atoms with Gasteiger partial charge in [-0.05, 0) is 46.8 Å². The van der Waals surface area contributed by atoms with Gasteiger partial charge in [0.1, 0.15) is 0 Å². The second-order valence-electron chi connectivity index (χ2n) is 6.89. The zero-order valence-electron chi connectivity index (χ0n) is 15.6. The molecule has 1 aromatic carbocycles. The van der Waals surface area contributed by atoms with Crippen LogP contribution in [-0.4, -0.2) is 33.4 Å². The lowest BCUT2D eigenvalue weighted by Crippen LogP contribution is -3.18. The van der Waals surface area contributed by atoms with Crippen LogP contribution in [0.4, 0.5) is 0 Å². The zero-order chi connectivity index (χ0) is 18.6. The predicted molar refractivity (Wildman–Crippen MR) is 103 cm³/mol. The van der Waals surface area contributed by atoms with E-state index < -0.39 is 0 Å². The number of hydrogen-bond acceptors (Lipinski definition) is 4. The van der Waals surface area contributed by atoms with Gasteiger partial charge in [0.25, 0.3) is 5.56 Å². The molecule has 0 saturated carbocycles. The highest BCUT2D eigenvalue weighted by molar-refractivity contribution is 8.00. The molecule has 6 heteroatoms. The molecule has 2 aromatic rings. The summed E-state index contributed by atoms with van der Waals surface area (Å²) in [7, 11) is 0. The van der Waals surface area contributed by atoms with Crippen molar-refractivity contribution in [1.82, 2.24) is 9.55 Å². The molecule has 0 amide bonds. The van der Waals surface area contributed by atoms with E-state index in [9.17, 15) is 4.79 Å². The molecule has 0 aliphatic rings. The first-order chi connectivity index (χ1) is 11.8. The third kappa shape index (κ3) is 4.62. The van der Waals surface area contributed by atoms with Gasteiger partial charge in [0.15, 0.2) is 5.16 Å². The van der Waals surface area contributed by atoms with E-state index in [0.717, 1.165) is 6.54 Å². The van der Waals surface area contributed by atoms with Crippen molar-refractivity contribution in [3.63, 3.8) is 0 Å². The van der Waals surface area contributed by atoms with E-state index in [1.807, 2.05) is 31.2 Å². The second-order valence-corrected chi connectivity index (χ2v) is 8.20. The van der Waals surface area contributed by atoms with E-state index in [2.05, 4.69) is 38.7 Å². The monoisotopic (exact) mass is 359 g/mol. The van der Waals surface area contributed by atoms with E-state index >= 15 is 0 Å². The lowest BCUT2D eigenvalue weighted by molar-refractivity contribution is -0.942. The Labute approximate surface area is 153 Å². The van der Waals surface area contributed by atoms with Crippen molar-refractivity contribution in [2.75, 3.05) is 6.54 Å². The molecular weight excluding hydrogens is 332 g/mol. The first-order valence-electron chi connectivity index (χ1n) is 8.76. The molecule has 1 heterocycles. The number of nitrogens with one attached hydrogen (secondary N) is 1. The van der Waals surface area contributed by atoms with E-state index in [4.69, 9.17) is 5.26 Å². The number of nitrogens with zero attached hydrogens (tertiary/aromatic N) is 3. The molecule has 0 unspecified atom stereocenters. The van der Waals surface area contributed by atoms with Crippen LogP contribution in [0.1, 0.15) is 34.6 Å². The molecule has 1 aromatic heterocycles. The number of thioether (sulfide) groups is 1. The summed E-state index contributed by atoms with van der Waals surface area (Å²) in [6.45, 7) is 12.1. The van der Waals surface area contributed by atoms with Crippen molar-refractivity contribution in [2.24, 2.45) is 0 Å². The lowest BCUT2D eigenvalue weighted by atomic mass is 10.2. The minimum Gasteiger partial charge on any atom is -0.330 e. The summed E-state index contributed by atoms with van der Waals surface area (Å²) in [5.74, 6) is 0. The molecular formula is C19H27N4OS+. The third-order valence-electron chi connectivity index (χ3n) is 4.40. The van der Waals surface area contributed by atoms with Crippen LogP contribution in [0.25, 0.3) is 10.9 Å². The van der Waals surface area contributed by atoms with Crippen molar-refractivity contribution < 1.29 is 4.90 Å². The smallest absolute Gasteiger partial charge is 0.262 e. The van der Waals surface area contributed by atoms with Gasteiger partial charge in [0.2, 0.25) is 0 Å². The van der Waals surface area contributed by atoms with Crippen molar-refractivity contribution in [1.29, 1.82) is 5.26 Å². The fourth-order valence-corrected chi connectivity index (χ4v) is 3.93. The van der Waals surface area contributed by atoms with E-state index in [-0.39, 0.29) is 10.8 Å². The Morgan fingerprint density at radius 3 is 2.44 bits per heavy atom. The van der Waals surface area contributed by atoms with Crippen LogP contribution in [0.5, 0.6) is 0 Å². The minimum atomic E-state index is -0.252. The van der Waals surface area contributed by atoms with Gasteiger partial charge in [-0.2, -0.15) is 5.26 Å². The Balaban J connectivity index is 2.45. The van der Waals surface area contributed by atoms with Gasteiger partial charge in [-0.15, -0.1) is 0 Å². The number of hydrogen-bond donors (Lipinski definition) is 1. The van der Waals surface area contributed by atoms with Gasteiger partial charge in [0, 0.05) is 0 Å². The van der Waals surface area contributed by atoms with Crippen LogP contribution in [0.3, 0.4) is 0 Å². The summed E-state index contributed by atoms with van der Waals surface area (Å²) in [5, 5.41) is 10.2. The SMILES string of the molecule is CC(C)[NH+](CCn1c(S[C@@H](C)C#N)nc2ccccc2c1=O)C(C)C. The molecule has 134 valence electrons. The summed E-state index contributed by atoms with van der Waals surface area (Å²) in [5.41, 5.74) is 0.665. The van der Waals surface area contributed by atoms with E-state index in [1.54, 1.807) is 4.57 Å². The molecule has 0 aliphatic carbocycles. The Hall–Kier alpha value is -1.84. The average molecular weight is 360 g/mol. The van der Waals surface area contributed by atoms with E-state index in [1.165, 1.54) is 16.7 Å². The second kappa shape index (κ2) is 8.50. The molecule has 1 atom stereocenters. The molecule has 0 bridgehead atoms. The first-order valence-corrected chi connectivity index (χ1v) is 9.64. The first kappa shape index (κ1) is 19.5. The Bertz CT molecular complexity index is 814. The van der Waals surface area contributed by atoms with Gasteiger partial charge in [-0.25, -0.2) is 4.98 Å². The standard InChI is InChI=1S/C19H26N4OS/c1-13(2)22(14(3)4)10-11-23-18(24)16-8-6-7-9-17(16)21-19(23)25-15(5)12-20/h6-9,13-15H,10-11H2,1-5H3/p+1/t15-/m0/s1. The predicted octanol–water partition coefficient (Wildman–Crippen LogP) is 2.10. The third-order valence-corrected chi connectivity index (χ3v) is 5.38. The maximum atomic E-state index is 13.0. The van der Waals surface area contributed by atoms with Crippen molar-refractivity contribution in [3.8, 4) is 6.07 Å². The highest BCUT2D eigenvalue weighted by atomic mass is 32.2. The summed E-state index contributed by atoms with van der Waals surface area (Å²) < 4.78 is 1.74. The molecule has 0 spiro atoms. The van der Waals surface area contributed by atoms with Crippen LogP contribution in [0.15, 0.2) is 34.2 Å². The molecule has 0 fully saturated rings. The average Bonchev–Trinajstić information content (AvgIpc) is 2.56. The summed E-state index contributed by atoms with van der Waals surface area (Å²) >= 11 is 1.35. The Morgan fingerprint density at radius 1 is 1.20 bits per heavy atom. The lowest BCUT2D eigenvalue weighted by Gasteiger charge is -2.28. The highest BCUT2D eigenvalue weighted by Crippen LogP contribution is 2.21. The van der Waals surface area contributed by atoms with Crippen LogP contribution in [-0.2, 0) is 6.54 Å². The van der Waals surface area contributed by atoms with Gasteiger partial charge < -0.3 is 4.90 Å². The van der Waals surface area contributed by atoms with Crippen LogP contribution in [0.2, 0.25) is 0 Å². The molecule has 1 N–H and O–H groups in total. The summed E-state index contributed by atoms with van der Waals surface area (Å²) in [6, 6.07) is 10.6. The molecule has 0 aliphatic heterocycles. The molecule has 25 heavy (non-hydrogen) atoms. The Morgan fingerprint density at radius 2 is 1.84 bits per heavy atom. The maximum absolute atomic E-state index is 13.0. The summed E-state index contributed by atoms with van der Waals surface area (Å²) in [6.07, 6.45) is 0. The molecule has 5 nitrogen and oxygen atoms in total. The van der Waals surface area contributed by atoms with Gasteiger partial charge in [-0.3, -0.25) is 9.36 Å². The van der Waals surface area contributed by atoms with Crippen LogP contribution < -0.4 is 10.5 Å². The Kier molecular flexibility index (Phi) is 6.63.